The topological polar surface area (TPSA) is 49.9 Å². The maximum Gasteiger partial charge on any atom is 0.416 e. The molecule has 1 atom stereocenters. The number of alkyl halides is 3. The van der Waals surface area contributed by atoms with Crippen LogP contribution in [0.1, 0.15) is 74.7 Å². The molecule has 3 rings (SSSR count). The first-order valence-corrected chi connectivity index (χ1v) is 11.2. The van der Waals surface area contributed by atoms with Gasteiger partial charge in [0.15, 0.2) is 0 Å². The summed E-state index contributed by atoms with van der Waals surface area (Å²) >= 11 is 0. The quantitative estimate of drug-likeness (QED) is 0.635. The molecule has 2 fully saturated rings. The van der Waals surface area contributed by atoms with E-state index in [2.05, 4.69) is 0 Å². The van der Waals surface area contributed by atoms with Gasteiger partial charge in [0, 0.05) is 18.7 Å². The number of rotatable bonds is 6. The van der Waals surface area contributed by atoms with Gasteiger partial charge in [0.25, 0.3) is 5.91 Å². The maximum atomic E-state index is 13.5. The van der Waals surface area contributed by atoms with Crippen molar-refractivity contribution < 1.29 is 27.5 Å². The highest BCUT2D eigenvalue weighted by Gasteiger charge is 2.53. The Balaban J connectivity index is 1.93. The van der Waals surface area contributed by atoms with Crippen LogP contribution in [0.15, 0.2) is 24.3 Å². The molecule has 0 bridgehead atoms. The van der Waals surface area contributed by atoms with E-state index >= 15 is 0 Å². The van der Waals surface area contributed by atoms with Crippen LogP contribution in [0.5, 0.6) is 0 Å². The molecule has 1 saturated heterocycles. The molecule has 0 aromatic heterocycles. The number of nitrogens with zero attached hydrogens (tertiary/aromatic N) is 2. The smallest absolute Gasteiger partial charge is 0.353 e. The van der Waals surface area contributed by atoms with Crippen molar-refractivity contribution in [2.24, 2.45) is 0 Å². The summed E-state index contributed by atoms with van der Waals surface area (Å²) in [5.74, 6) is -0.592. The van der Waals surface area contributed by atoms with E-state index in [1.807, 2.05) is 13.8 Å². The first kappa shape index (κ1) is 23.6. The minimum Gasteiger partial charge on any atom is -0.353 e. The summed E-state index contributed by atoms with van der Waals surface area (Å²) in [4.78, 5) is 30.2. The molecule has 0 radical (unpaired) electrons. The lowest BCUT2D eigenvalue weighted by atomic mass is 9.89. The molecule has 1 aromatic carbocycles. The highest BCUT2D eigenvalue weighted by molar-refractivity contribution is 5.98. The molecule has 8 heteroatoms. The molecule has 31 heavy (non-hydrogen) atoms. The fourth-order valence-electron chi connectivity index (χ4n) is 4.68. The third-order valence-electron chi connectivity index (χ3n) is 6.16. The molecule has 0 unspecified atom stereocenters. The van der Waals surface area contributed by atoms with Crippen molar-refractivity contribution in [2.75, 3.05) is 19.7 Å². The standard InChI is InChI=1S/C23H31F3N2O3/c1-3-14-27(15-4-2)21(30)19-16-31-22(12-6-5-7-13-22)28(19)20(29)17-8-10-18(11-9-17)23(24,25)26/h8-11,19H,3-7,12-16H2,1-2H3/t19-/m0/s1. The van der Waals surface area contributed by atoms with E-state index in [1.54, 1.807) is 4.90 Å². The lowest BCUT2D eigenvalue weighted by Crippen LogP contribution is -2.57. The van der Waals surface area contributed by atoms with Crippen molar-refractivity contribution in [1.29, 1.82) is 0 Å². The molecular weight excluding hydrogens is 409 g/mol. The summed E-state index contributed by atoms with van der Waals surface area (Å²) in [7, 11) is 0. The molecule has 0 N–H and O–H groups in total. The number of hydrogen-bond acceptors (Lipinski definition) is 3. The second-order valence-corrected chi connectivity index (χ2v) is 8.41. The molecule has 2 amide bonds. The SMILES string of the molecule is CCCN(CCC)C(=O)[C@@H]1COC2(CCCCC2)N1C(=O)c1ccc(C(F)(F)F)cc1. The number of amides is 2. The van der Waals surface area contributed by atoms with Gasteiger partial charge in [-0.15, -0.1) is 0 Å². The Hall–Kier alpha value is -2.09. The number of carbonyl (C=O) groups is 2. The molecule has 1 spiro atoms. The number of benzene rings is 1. The summed E-state index contributed by atoms with van der Waals surface area (Å²) in [6, 6.07) is 3.45. The van der Waals surface area contributed by atoms with E-state index in [0.29, 0.717) is 25.9 Å². The van der Waals surface area contributed by atoms with Crippen LogP contribution >= 0.6 is 0 Å². The van der Waals surface area contributed by atoms with E-state index < -0.39 is 29.4 Å². The molecule has 1 aliphatic heterocycles. The zero-order valence-corrected chi connectivity index (χ0v) is 18.2. The van der Waals surface area contributed by atoms with E-state index in [1.165, 1.54) is 17.0 Å². The number of hydrogen-bond donors (Lipinski definition) is 0. The summed E-state index contributed by atoms with van der Waals surface area (Å²) in [6.07, 6.45) is 1.19. The largest absolute Gasteiger partial charge is 0.416 e. The predicted molar refractivity (Wildman–Crippen MR) is 110 cm³/mol. The Kier molecular flexibility index (Phi) is 7.29. The monoisotopic (exact) mass is 440 g/mol. The van der Waals surface area contributed by atoms with Gasteiger partial charge in [0.2, 0.25) is 5.91 Å². The van der Waals surface area contributed by atoms with Crippen LogP contribution in [-0.2, 0) is 15.7 Å². The molecule has 1 aromatic rings. The van der Waals surface area contributed by atoms with E-state index in [-0.39, 0.29) is 18.1 Å². The molecule has 1 heterocycles. The summed E-state index contributed by atoms with van der Waals surface area (Å²) in [5, 5.41) is 0. The van der Waals surface area contributed by atoms with Crippen molar-refractivity contribution >= 4 is 11.8 Å². The second-order valence-electron chi connectivity index (χ2n) is 8.41. The van der Waals surface area contributed by atoms with Crippen LogP contribution < -0.4 is 0 Å². The van der Waals surface area contributed by atoms with Crippen molar-refractivity contribution in [3.05, 3.63) is 35.4 Å². The van der Waals surface area contributed by atoms with Gasteiger partial charge < -0.3 is 9.64 Å². The van der Waals surface area contributed by atoms with Gasteiger partial charge in [-0.25, -0.2) is 0 Å². The van der Waals surface area contributed by atoms with Crippen LogP contribution in [0.25, 0.3) is 0 Å². The third kappa shape index (κ3) is 4.89. The Labute approximate surface area is 181 Å². The molecular formula is C23H31F3N2O3. The fourth-order valence-corrected chi connectivity index (χ4v) is 4.68. The molecule has 172 valence electrons. The van der Waals surface area contributed by atoms with Gasteiger partial charge in [-0.1, -0.05) is 20.3 Å². The Morgan fingerprint density at radius 3 is 2.16 bits per heavy atom. The maximum absolute atomic E-state index is 13.5. The highest BCUT2D eigenvalue weighted by atomic mass is 19.4. The van der Waals surface area contributed by atoms with Crippen LogP contribution in [0.3, 0.4) is 0 Å². The van der Waals surface area contributed by atoms with Crippen LogP contribution in [0.2, 0.25) is 0 Å². The molecule has 2 aliphatic rings. The minimum absolute atomic E-state index is 0.120. The van der Waals surface area contributed by atoms with E-state index in [4.69, 9.17) is 4.74 Å². The van der Waals surface area contributed by atoms with Gasteiger partial charge in [-0.05, 0) is 62.8 Å². The molecule has 5 nitrogen and oxygen atoms in total. The van der Waals surface area contributed by atoms with E-state index in [9.17, 15) is 22.8 Å². The van der Waals surface area contributed by atoms with Gasteiger partial charge in [-0.3, -0.25) is 14.5 Å². The van der Waals surface area contributed by atoms with Crippen molar-refractivity contribution in [3.63, 3.8) is 0 Å². The van der Waals surface area contributed by atoms with E-state index in [0.717, 1.165) is 44.2 Å². The van der Waals surface area contributed by atoms with Crippen LogP contribution in [-0.4, -0.2) is 53.1 Å². The predicted octanol–water partition coefficient (Wildman–Crippen LogP) is 4.86. The summed E-state index contributed by atoms with van der Waals surface area (Å²) < 4.78 is 45.0. The molecule has 1 saturated carbocycles. The zero-order valence-electron chi connectivity index (χ0n) is 18.2. The Morgan fingerprint density at radius 2 is 1.65 bits per heavy atom. The Morgan fingerprint density at radius 1 is 1.06 bits per heavy atom. The first-order valence-electron chi connectivity index (χ1n) is 11.2. The third-order valence-corrected chi connectivity index (χ3v) is 6.16. The number of halogens is 3. The van der Waals surface area contributed by atoms with Crippen molar-refractivity contribution in [1.82, 2.24) is 9.80 Å². The zero-order chi connectivity index (χ0) is 22.6. The normalized spacial score (nSPS) is 20.8. The Bertz CT molecular complexity index is 767. The van der Waals surface area contributed by atoms with Crippen LogP contribution in [0.4, 0.5) is 13.2 Å². The van der Waals surface area contributed by atoms with Gasteiger partial charge >= 0.3 is 6.18 Å². The number of carbonyl (C=O) groups excluding carboxylic acids is 2. The van der Waals surface area contributed by atoms with Gasteiger partial charge in [0.1, 0.15) is 11.8 Å². The fraction of sp³-hybridized carbons (Fsp3) is 0.652. The summed E-state index contributed by atoms with van der Waals surface area (Å²) in [6.45, 7) is 5.30. The average molecular weight is 441 g/mol. The van der Waals surface area contributed by atoms with Crippen molar-refractivity contribution in [3.8, 4) is 0 Å². The number of ether oxygens (including phenoxy) is 1. The summed E-state index contributed by atoms with van der Waals surface area (Å²) in [5.41, 5.74) is -1.53. The first-order chi connectivity index (χ1) is 14.7. The van der Waals surface area contributed by atoms with Crippen molar-refractivity contribution in [2.45, 2.75) is 76.7 Å². The lowest BCUT2D eigenvalue weighted by molar-refractivity contribution is -0.137. The van der Waals surface area contributed by atoms with Crippen LogP contribution in [0, 0.1) is 0 Å². The van der Waals surface area contributed by atoms with Gasteiger partial charge in [0.05, 0.1) is 12.2 Å². The second kappa shape index (κ2) is 9.59. The lowest BCUT2D eigenvalue weighted by Gasteiger charge is -2.42. The minimum atomic E-state index is -4.47. The average Bonchev–Trinajstić information content (AvgIpc) is 3.10. The highest BCUT2D eigenvalue weighted by Crippen LogP contribution is 2.42. The molecule has 1 aliphatic carbocycles. The van der Waals surface area contributed by atoms with Gasteiger partial charge in [-0.2, -0.15) is 13.2 Å².